The van der Waals surface area contributed by atoms with Gasteiger partial charge in [0.15, 0.2) is 0 Å². The minimum atomic E-state index is -4.10. The summed E-state index contributed by atoms with van der Waals surface area (Å²) in [5.74, 6) is -2.32. The van der Waals surface area contributed by atoms with Gasteiger partial charge in [-0.1, -0.05) is 105 Å². The number of aryl methyl sites for hydroxylation is 2. The van der Waals surface area contributed by atoms with E-state index >= 15 is 0 Å². The highest BCUT2D eigenvalue weighted by Crippen LogP contribution is 2.27. The Hall–Kier alpha value is -4.47. The molecule has 46 heavy (non-hydrogen) atoms. The minimum absolute atomic E-state index is 0.0421. The zero-order valence-electron chi connectivity index (χ0n) is 26.4. The van der Waals surface area contributed by atoms with E-state index in [9.17, 15) is 28.2 Å². The van der Waals surface area contributed by atoms with Crippen LogP contribution in [-0.4, -0.2) is 41.4 Å². The van der Waals surface area contributed by atoms with Crippen molar-refractivity contribution in [1.29, 1.82) is 0 Å². The lowest BCUT2D eigenvalue weighted by molar-refractivity contribution is -0.119. The molecule has 0 aliphatic rings. The Bertz CT molecular complexity index is 1710. The Kier molecular flexibility index (Phi) is 12.1. The van der Waals surface area contributed by atoms with Crippen molar-refractivity contribution in [3.05, 3.63) is 125 Å². The number of rotatable bonds is 16. The van der Waals surface area contributed by atoms with E-state index in [1.807, 2.05) is 37.3 Å². The third kappa shape index (κ3) is 9.28. The van der Waals surface area contributed by atoms with Crippen LogP contribution in [0.15, 0.2) is 102 Å². The summed E-state index contributed by atoms with van der Waals surface area (Å²) in [5.41, 5.74) is 3.47. The van der Waals surface area contributed by atoms with Crippen LogP contribution in [0.3, 0.4) is 0 Å². The number of hydrogen-bond acceptors (Lipinski definition) is 5. The van der Waals surface area contributed by atoms with Crippen LogP contribution in [0.2, 0.25) is 0 Å². The molecule has 9 heteroatoms. The molecule has 0 unspecified atom stereocenters. The van der Waals surface area contributed by atoms with Crippen LogP contribution >= 0.6 is 0 Å². The number of phenols is 1. The van der Waals surface area contributed by atoms with Crippen LogP contribution in [0.1, 0.15) is 71.6 Å². The van der Waals surface area contributed by atoms with Crippen LogP contribution in [-0.2, 0) is 34.3 Å². The summed E-state index contributed by atoms with van der Waals surface area (Å²) >= 11 is 0. The average molecular weight is 643 g/mol. The number of hydrogen-bond donors (Lipinski definition) is 2. The molecule has 0 saturated heterocycles. The number of carbonyl (C=O) groups excluding carboxylic acids is 1. The van der Waals surface area contributed by atoms with Gasteiger partial charge in [-0.25, -0.2) is 13.2 Å². The summed E-state index contributed by atoms with van der Waals surface area (Å²) in [6, 6.07) is 27.3. The first-order chi connectivity index (χ1) is 22.1. The maximum atomic E-state index is 14.2. The van der Waals surface area contributed by atoms with E-state index in [4.69, 9.17) is 0 Å². The Morgan fingerprint density at radius 1 is 0.739 bits per heavy atom. The van der Waals surface area contributed by atoms with Crippen LogP contribution in [0, 0.1) is 6.92 Å². The van der Waals surface area contributed by atoms with Gasteiger partial charge >= 0.3 is 5.97 Å². The summed E-state index contributed by atoms with van der Waals surface area (Å²) in [7, 11) is -4.10. The molecule has 8 nitrogen and oxygen atoms in total. The molecule has 4 aromatic rings. The van der Waals surface area contributed by atoms with Gasteiger partial charge in [0.05, 0.1) is 18.0 Å². The molecule has 0 atom stereocenters. The second-order valence-corrected chi connectivity index (χ2v) is 13.5. The van der Waals surface area contributed by atoms with E-state index in [1.54, 1.807) is 36.4 Å². The van der Waals surface area contributed by atoms with Crippen LogP contribution in [0.5, 0.6) is 5.75 Å². The molecule has 2 N–H and O–H groups in total. The predicted molar refractivity (Wildman–Crippen MR) is 180 cm³/mol. The van der Waals surface area contributed by atoms with Gasteiger partial charge in [0, 0.05) is 12.2 Å². The SMILES string of the molecule is CCCCCCCc1ccc(CN(C(=O)CN(Cc2ccccc2)S(=O)(=O)c2ccc(C)cc2)c2ccc(O)c(C(=O)O)c2)cc1. The molecule has 4 aromatic carbocycles. The summed E-state index contributed by atoms with van der Waals surface area (Å²) in [6.45, 7) is 3.59. The van der Waals surface area contributed by atoms with Crippen LogP contribution < -0.4 is 4.90 Å². The Balaban J connectivity index is 1.65. The normalized spacial score (nSPS) is 11.5. The molecule has 0 aliphatic carbocycles. The molecule has 0 fully saturated rings. The van der Waals surface area contributed by atoms with Gasteiger partial charge in [0.2, 0.25) is 15.9 Å². The number of aromatic hydroxyl groups is 1. The van der Waals surface area contributed by atoms with E-state index in [0.717, 1.165) is 28.3 Å². The molecule has 1 amide bonds. The number of benzene rings is 4. The van der Waals surface area contributed by atoms with Gasteiger partial charge in [-0.3, -0.25) is 4.79 Å². The van der Waals surface area contributed by atoms with Crippen molar-refractivity contribution in [2.75, 3.05) is 11.4 Å². The van der Waals surface area contributed by atoms with Crippen molar-refractivity contribution >= 4 is 27.6 Å². The molecular weight excluding hydrogens is 600 g/mol. The monoisotopic (exact) mass is 642 g/mol. The highest BCUT2D eigenvalue weighted by molar-refractivity contribution is 7.89. The van der Waals surface area contributed by atoms with Gasteiger partial charge in [-0.2, -0.15) is 4.31 Å². The molecule has 0 spiro atoms. The quantitative estimate of drug-likeness (QED) is 0.124. The largest absolute Gasteiger partial charge is 0.507 e. The second-order valence-electron chi connectivity index (χ2n) is 11.5. The number of aromatic carboxylic acids is 1. The van der Waals surface area contributed by atoms with Crippen LogP contribution in [0.4, 0.5) is 5.69 Å². The van der Waals surface area contributed by atoms with E-state index in [0.29, 0.717) is 5.56 Å². The lowest BCUT2D eigenvalue weighted by atomic mass is 10.0. The Morgan fingerprint density at radius 2 is 1.37 bits per heavy atom. The molecule has 4 rings (SSSR count). The van der Waals surface area contributed by atoms with Crippen molar-refractivity contribution in [3.63, 3.8) is 0 Å². The second kappa shape index (κ2) is 16.2. The van der Waals surface area contributed by atoms with Crippen molar-refractivity contribution in [1.82, 2.24) is 4.31 Å². The number of amides is 1. The fraction of sp³-hybridized carbons (Fsp3) is 0.297. The predicted octanol–water partition coefficient (Wildman–Crippen LogP) is 7.34. The maximum absolute atomic E-state index is 14.2. The maximum Gasteiger partial charge on any atom is 0.339 e. The van der Waals surface area contributed by atoms with Crippen molar-refractivity contribution in [3.8, 4) is 5.75 Å². The molecule has 0 aromatic heterocycles. The van der Waals surface area contributed by atoms with Crippen molar-refractivity contribution in [2.24, 2.45) is 0 Å². The topological polar surface area (TPSA) is 115 Å². The zero-order chi connectivity index (χ0) is 33.1. The number of anilines is 1. The highest BCUT2D eigenvalue weighted by Gasteiger charge is 2.30. The summed E-state index contributed by atoms with van der Waals surface area (Å²) in [6.07, 6.45) is 6.88. The van der Waals surface area contributed by atoms with Crippen molar-refractivity contribution in [2.45, 2.75) is 70.4 Å². The average Bonchev–Trinajstić information content (AvgIpc) is 3.04. The molecule has 0 saturated carbocycles. The molecular formula is C37H42N2O6S. The highest BCUT2D eigenvalue weighted by atomic mass is 32.2. The van der Waals surface area contributed by atoms with Gasteiger partial charge in [0.1, 0.15) is 11.3 Å². The zero-order valence-corrected chi connectivity index (χ0v) is 27.2. The summed E-state index contributed by atoms with van der Waals surface area (Å²) in [4.78, 5) is 27.4. The number of carboxylic acid groups (broad SMARTS) is 1. The van der Waals surface area contributed by atoms with Crippen molar-refractivity contribution < 1.29 is 28.2 Å². The van der Waals surface area contributed by atoms with Gasteiger partial charge in [0.25, 0.3) is 0 Å². The fourth-order valence-electron chi connectivity index (χ4n) is 5.22. The molecule has 0 radical (unpaired) electrons. The van der Waals surface area contributed by atoms with E-state index in [-0.39, 0.29) is 29.2 Å². The lowest BCUT2D eigenvalue weighted by Gasteiger charge is -2.28. The van der Waals surface area contributed by atoms with Crippen LogP contribution in [0.25, 0.3) is 0 Å². The standard InChI is InChI=1S/C37H42N2O6S/c1-3-4-5-6-8-11-29-16-18-31(19-17-29)26-39(32-20-23-35(40)34(24-32)37(42)43)36(41)27-38(25-30-12-9-7-10-13-30)46(44,45)33-21-14-28(2)15-22-33/h7,9-10,12-24,40H,3-6,8,11,25-27H2,1-2H3,(H,42,43). The van der Waals surface area contributed by atoms with Gasteiger partial charge < -0.3 is 15.1 Å². The van der Waals surface area contributed by atoms with Gasteiger partial charge in [-0.15, -0.1) is 0 Å². The third-order valence-electron chi connectivity index (χ3n) is 7.93. The smallest absolute Gasteiger partial charge is 0.339 e. The molecule has 242 valence electrons. The summed E-state index contributed by atoms with van der Waals surface area (Å²) in [5, 5.41) is 19.8. The Morgan fingerprint density at radius 3 is 2.02 bits per heavy atom. The number of carboxylic acids is 1. The van der Waals surface area contributed by atoms with Gasteiger partial charge in [-0.05, 0) is 66.8 Å². The Labute approximate surface area is 272 Å². The lowest BCUT2D eigenvalue weighted by Crippen LogP contribution is -2.42. The number of carbonyl (C=O) groups is 2. The number of sulfonamides is 1. The third-order valence-corrected chi connectivity index (χ3v) is 9.73. The fourth-order valence-corrected chi connectivity index (χ4v) is 6.60. The first kappa shape index (κ1) is 34.4. The molecule has 0 bridgehead atoms. The molecule has 0 aliphatic heterocycles. The number of nitrogens with zero attached hydrogens (tertiary/aromatic N) is 2. The minimum Gasteiger partial charge on any atom is -0.507 e. The first-order valence-electron chi connectivity index (χ1n) is 15.6. The van der Waals surface area contributed by atoms with E-state index < -0.39 is 34.2 Å². The molecule has 0 heterocycles. The van der Waals surface area contributed by atoms with E-state index in [2.05, 4.69) is 6.92 Å². The first-order valence-corrected chi connectivity index (χ1v) is 17.1. The number of unbranched alkanes of at least 4 members (excludes halogenated alkanes) is 4. The van der Waals surface area contributed by atoms with E-state index in [1.165, 1.54) is 66.5 Å². The summed E-state index contributed by atoms with van der Waals surface area (Å²) < 4.78 is 29.0.